The number of nitrogens with zero attached hydrogens (tertiary/aromatic N) is 4. The zero-order valence-electron chi connectivity index (χ0n) is 37.2. The molecule has 0 bridgehead atoms. The number of hydrogen-bond donors (Lipinski definition) is 2. The number of anilines is 1. The fourth-order valence-electron chi connectivity index (χ4n) is 7.26. The molecule has 1 fully saturated rings. The molecule has 2 aromatic carbocycles. The monoisotopic (exact) mass is 906 g/mol. The van der Waals surface area contributed by atoms with Crippen LogP contribution in [0.25, 0.3) is 33.3 Å². The van der Waals surface area contributed by atoms with Gasteiger partial charge >= 0.3 is 6.09 Å². The molecule has 2 N–H and O–H groups in total. The summed E-state index contributed by atoms with van der Waals surface area (Å²) in [5.74, 6) is -1.12. The number of imide groups is 2. The van der Waals surface area contributed by atoms with Gasteiger partial charge < -0.3 is 38.5 Å². The van der Waals surface area contributed by atoms with E-state index in [0.717, 1.165) is 38.5 Å². The molecule has 1 unspecified atom stereocenters. The van der Waals surface area contributed by atoms with Gasteiger partial charge in [0, 0.05) is 36.3 Å². The Morgan fingerprint density at radius 3 is 1.97 bits per heavy atom. The number of pyridine rings is 2. The minimum atomic E-state index is -1.02. The summed E-state index contributed by atoms with van der Waals surface area (Å²) in [4.78, 5) is 72.5. The number of fused-ring (bicyclic) bond motifs is 2. The van der Waals surface area contributed by atoms with E-state index in [0.29, 0.717) is 77.3 Å². The van der Waals surface area contributed by atoms with Crippen molar-refractivity contribution >= 4 is 46.4 Å². The van der Waals surface area contributed by atoms with Gasteiger partial charge in [-0.2, -0.15) is 0 Å². The first kappa shape index (κ1) is 47.4. The van der Waals surface area contributed by atoms with Crippen LogP contribution in [0.1, 0.15) is 54.3 Å². The average molecular weight is 907 g/mol. The highest BCUT2D eigenvalue weighted by molar-refractivity contribution is 6.23. The Morgan fingerprint density at radius 2 is 1.33 bits per heavy atom. The molecule has 0 radical (unpaired) electrons. The van der Waals surface area contributed by atoms with Gasteiger partial charge in [0.1, 0.15) is 29.8 Å². The van der Waals surface area contributed by atoms with Gasteiger partial charge in [-0.25, -0.2) is 14.3 Å². The summed E-state index contributed by atoms with van der Waals surface area (Å²) in [7, 11) is 0. The first-order chi connectivity index (χ1) is 32.0. The number of carbonyl (C=O) groups is 5. The largest absolute Gasteiger partial charge is 0.491 e. The van der Waals surface area contributed by atoms with E-state index < -0.39 is 41.4 Å². The van der Waals surface area contributed by atoms with Gasteiger partial charge in [-0.05, 0) is 80.8 Å². The summed E-state index contributed by atoms with van der Waals surface area (Å²) >= 11 is 0. The Kier molecular flexibility index (Phi) is 16.2. The third kappa shape index (κ3) is 12.4. The average Bonchev–Trinajstić information content (AvgIpc) is 3.81. The Morgan fingerprint density at radius 1 is 0.712 bits per heavy atom. The SMILES string of the molecule is CC(C)(C)OC(=O)n1c(-c2ccc(-c3ccc(NCCOCCOCCOCCOCCOCCOc4ccc5c(c4)C(=O)N(C4CCC(=O)NC4=O)C5=O)nc3)cc2)cc2ccncc21. The van der Waals surface area contributed by atoms with Gasteiger partial charge in [0.25, 0.3) is 11.8 Å². The zero-order chi connectivity index (χ0) is 46.5. The van der Waals surface area contributed by atoms with Gasteiger partial charge in [0.2, 0.25) is 11.8 Å². The van der Waals surface area contributed by atoms with E-state index in [2.05, 4.69) is 20.6 Å². The van der Waals surface area contributed by atoms with Crippen molar-refractivity contribution < 1.29 is 57.1 Å². The van der Waals surface area contributed by atoms with Crippen molar-refractivity contribution in [3.05, 3.63) is 96.4 Å². The molecule has 0 spiro atoms. The maximum atomic E-state index is 13.2. The summed E-state index contributed by atoms with van der Waals surface area (Å²) in [5.41, 5.74) is 3.93. The fraction of sp³-hybridized carbons (Fsp3) is 0.396. The van der Waals surface area contributed by atoms with Crippen LogP contribution in [0.5, 0.6) is 5.75 Å². The zero-order valence-corrected chi connectivity index (χ0v) is 37.2. The van der Waals surface area contributed by atoms with Crippen LogP contribution in [0, 0.1) is 0 Å². The number of nitrogens with one attached hydrogen (secondary N) is 2. The van der Waals surface area contributed by atoms with Crippen LogP contribution in [-0.4, -0.2) is 140 Å². The maximum Gasteiger partial charge on any atom is 0.419 e. The number of benzene rings is 2. The molecule has 5 heterocycles. The van der Waals surface area contributed by atoms with Gasteiger partial charge in [-0.15, -0.1) is 0 Å². The third-order valence-electron chi connectivity index (χ3n) is 10.4. The first-order valence-electron chi connectivity index (χ1n) is 21.8. The molecule has 3 aromatic heterocycles. The highest BCUT2D eigenvalue weighted by Gasteiger charge is 2.44. The standard InChI is InChI=1S/C48H54N6O12/c1-48(2,3)66-47(59)53-40(28-34-14-15-49-31-41(34)53)33-6-4-32(5-7-33)35-8-12-42(51-30-35)50-16-17-60-18-19-61-20-21-62-22-23-63-24-25-64-26-27-65-36-9-10-37-38(29-36)46(58)54(45(37)57)39-11-13-43(55)52-44(39)56/h4-10,12,14-15,28-31,39H,11,13,16-27H2,1-3H3,(H,50,51)(H,52,55,56). The molecule has 2 aliphatic heterocycles. The van der Waals surface area contributed by atoms with Crippen LogP contribution in [0.15, 0.2) is 85.3 Å². The topological polar surface area (TPSA) is 208 Å². The van der Waals surface area contributed by atoms with Crippen molar-refractivity contribution in [1.29, 1.82) is 0 Å². The lowest BCUT2D eigenvalue weighted by molar-refractivity contribution is -0.136. The number of rotatable bonds is 23. The third-order valence-corrected chi connectivity index (χ3v) is 10.4. The van der Waals surface area contributed by atoms with Crippen molar-refractivity contribution in [2.45, 2.75) is 45.3 Å². The molecule has 18 nitrogen and oxygen atoms in total. The number of hydrogen-bond acceptors (Lipinski definition) is 15. The normalized spacial score (nSPS) is 15.0. The second-order valence-corrected chi connectivity index (χ2v) is 16.3. The molecule has 348 valence electrons. The Labute approximate surface area is 381 Å². The summed E-state index contributed by atoms with van der Waals surface area (Å²) in [6, 6.07) is 19.3. The quantitative estimate of drug-likeness (QED) is 0.0611. The van der Waals surface area contributed by atoms with Crippen LogP contribution < -0.4 is 15.4 Å². The molecule has 0 aliphatic carbocycles. The first-order valence-corrected chi connectivity index (χ1v) is 21.8. The number of piperidine rings is 1. The Hall–Kier alpha value is -6.57. The van der Waals surface area contributed by atoms with E-state index in [1.807, 2.05) is 75.5 Å². The van der Waals surface area contributed by atoms with Crippen molar-refractivity contribution in [2.24, 2.45) is 0 Å². The molecule has 1 atom stereocenters. The van der Waals surface area contributed by atoms with Crippen LogP contribution in [0.3, 0.4) is 0 Å². The van der Waals surface area contributed by atoms with Crippen molar-refractivity contribution in [1.82, 2.24) is 24.8 Å². The molecule has 4 amide bonds. The lowest BCUT2D eigenvalue weighted by Gasteiger charge is -2.27. The van der Waals surface area contributed by atoms with Gasteiger partial charge in [0.15, 0.2) is 0 Å². The number of amides is 4. The van der Waals surface area contributed by atoms with E-state index in [9.17, 15) is 24.0 Å². The minimum Gasteiger partial charge on any atom is -0.491 e. The summed E-state index contributed by atoms with van der Waals surface area (Å²) < 4.78 is 40.8. The van der Waals surface area contributed by atoms with E-state index in [1.165, 1.54) is 12.1 Å². The number of ether oxygens (including phenoxy) is 7. The fourth-order valence-corrected chi connectivity index (χ4v) is 7.26. The minimum absolute atomic E-state index is 0.0562. The molecule has 7 rings (SSSR count). The molecular weight excluding hydrogens is 853 g/mol. The molecule has 2 aliphatic rings. The van der Waals surface area contributed by atoms with Crippen LogP contribution in [-0.2, 0) is 38.0 Å². The maximum absolute atomic E-state index is 13.2. The van der Waals surface area contributed by atoms with Gasteiger partial charge in [-0.1, -0.05) is 24.3 Å². The smallest absolute Gasteiger partial charge is 0.419 e. The Bertz CT molecular complexity index is 2480. The van der Waals surface area contributed by atoms with Crippen molar-refractivity contribution in [3.63, 3.8) is 0 Å². The highest BCUT2D eigenvalue weighted by atomic mass is 16.6. The van der Waals surface area contributed by atoms with E-state index in [1.54, 1.807) is 23.0 Å². The summed E-state index contributed by atoms with van der Waals surface area (Å²) in [5, 5.41) is 6.35. The van der Waals surface area contributed by atoms with Gasteiger partial charge in [0.05, 0.1) is 94.6 Å². The molecular formula is C48H54N6O12. The lowest BCUT2D eigenvalue weighted by Crippen LogP contribution is -2.54. The molecule has 1 saturated heterocycles. The van der Waals surface area contributed by atoms with Crippen LogP contribution in [0.4, 0.5) is 10.6 Å². The molecule has 5 aromatic rings. The number of aromatic nitrogens is 3. The summed E-state index contributed by atoms with van der Waals surface area (Å²) in [6.45, 7) is 10.4. The summed E-state index contributed by atoms with van der Waals surface area (Å²) in [6.07, 6.45) is 4.89. The molecule has 0 saturated carbocycles. The highest BCUT2D eigenvalue weighted by Crippen LogP contribution is 2.32. The predicted octanol–water partition coefficient (Wildman–Crippen LogP) is 5.52. The van der Waals surface area contributed by atoms with Crippen molar-refractivity contribution in [2.75, 3.05) is 84.5 Å². The second-order valence-electron chi connectivity index (χ2n) is 16.3. The van der Waals surface area contributed by atoms with E-state index >= 15 is 0 Å². The lowest BCUT2D eigenvalue weighted by atomic mass is 10.0. The number of carbonyl (C=O) groups excluding carboxylic acids is 5. The van der Waals surface area contributed by atoms with Gasteiger partial charge in [-0.3, -0.25) is 34.4 Å². The second kappa shape index (κ2) is 22.6. The van der Waals surface area contributed by atoms with E-state index in [-0.39, 0.29) is 37.2 Å². The van der Waals surface area contributed by atoms with Crippen molar-refractivity contribution in [3.8, 4) is 28.1 Å². The Balaban J connectivity index is 0.679. The predicted molar refractivity (Wildman–Crippen MR) is 241 cm³/mol. The molecule has 66 heavy (non-hydrogen) atoms. The van der Waals surface area contributed by atoms with Crippen LogP contribution >= 0.6 is 0 Å². The molecule has 18 heteroatoms. The van der Waals surface area contributed by atoms with E-state index in [4.69, 9.17) is 33.2 Å². The van der Waals surface area contributed by atoms with Crippen LogP contribution in [0.2, 0.25) is 0 Å².